The highest BCUT2D eigenvalue weighted by molar-refractivity contribution is 6.07. The van der Waals surface area contributed by atoms with E-state index in [0.717, 1.165) is 41.0 Å². The molecule has 1 aliphatic rings. The third-order valence-corrected chi connectivity index (χ3v) is 6.34. The van der Waals surface area contributed by atoms with Crippen LogP contribution in [0.4, 0.5) is 5.69 Å². The maximum absolute atomic E-state index is 13.7. The smallest absolute Gasteiger partial charge is 0.254 e. The number of amides is 1. The first-order valence-corrected chi connectivity index (χ1v) is 11.9. The summed E-state index contributed by atoms with van der Waals surface area (Å²) in [5.41, 5.74) is 5.77. The zero-order valence-electron chi connectivity index (χ0n) is 19.7. The van der Waals surface area contributed by atoms with E-state index >= 15 is 0 Å². The fraction of sp³-hybridized carbons (Fsp3) is 0.241. The van der Waals surface area contributed by atoms with Gasteiger partial charge in [0.15, 0.2) is 0 Å². The lowest BCUT2D eigenvalue weighted by Gasteiger charge is -2.36. The number of pyridine rings is 1. The molecule has 5 nitrogen and oxygen atoms in total. The van der Waals surface area contributed by atoms with E-state index in [2.05, 4.69) is 36.1 Å². The normalized spacial score (nSPS) is 13.8. The Balaban J connectivity index is 1.42. The van der Waals surface area contributed by atoms with E-state index in [-0.39, 0.29) is 5.91 Å². The molecule has 172 valence electrons. The van der Waals surface area contributed by atoms with Crippen molar-refractivity contribution < 1.29 is 9.53 Å². The number of anilines is 1. The Labute approximate surface area is 200 Å². The van der Waals surface area contributed by atoms with Gasteiger partial charge in [0.05, 0.1) is 23.4 Å². The number of aromatic nitrogens is 1. The van der Waals surface area contributed by atoms with Crippen LogP contribution >= 0.6 is 0 Å². The van der Waals surface area contributed by atoms with Gasteiger partial charge in [-0.3, -0.25) is 4.79 Å². The molecular weight excluding hydrogens is 422 g/mol. The van der Waals surface area contributed by atoms with Gasteiger partial charge in [-0.2, -0.15) is 0 Å². The van der Waals surface area contributed by atoms with E-state index in [4.69, 9.17) is 9.72 Å². The van der Waals surface area contributed by atoms with Gasteiger partial charge in [-0.1, -0.05) is 30.3 Å². The molecule has 0 radical (unpaired) electrons. The second-order valence-corrected chi connectivity index (χ2v) is 8.65. The summed E-state index contributed by atoms with van der Waals surface area (Å²) in [4.78, 5) is 22.9. The molecular formula is C29H29N3O2. The van der Waals surface area contributed by atoms with E-state index in [0.29, 0.717) is 25.3 Å². The average molecular weight is 452 g/mol. The predicted molar refractivity (Wildman–Crippen MR) is 138 cm³/mol. The van der Waals surface area contributed by atoms with Gasteiger partial charge in [0.25, 0.3) is 5.91 Å². The predicted octanol–water partition coefficient (Wildman–Crippen LogP) is 5.57. The van der Waals surface area contributed by atoms with Crippen molar-refractivity contribution >= 4 is 22.5 Å². The molecule has 3 aromatic carbocycles. The number of hydrogen-bond donors (Lipinski definition) is 0. The number of carbonyl (C=O) groups excluding carboxylic acids is 1. The summed E-state index contributed by atoms with van der Waals surface area (Å²) in [6.07, 6.45) is 0. The molecule has 2 heterocycles. The van der Waals surface area contributed by atoms with Crippen molar-refractivity contribution in [1.82, 2.24) is 9.88 Å². The van der Waals surface area contributed by atoms with Crippen LogP contribution in [0.25, 0.3) is 22.2 Å². The quantitative estimate of drug-likeness (QED) is 0.398. The monoisotopic (exact) mass is 451 g/mol. The number of piperazine rings is 1. The Morgan fingerprint density at radius 1 is 0.912 bits per heavy atom. The summed E-state index contributed by atoms with van der Waals surface area (Å²) in [6, 6.07) is 26.3. The minimum absolute atomic E-state index is 0.0645. The molecule has 0 saturated carbocycles. The summed E-state index contributed by atoms with van der Waals surface area (Å²) >= 11 is 0. The number of benzene rings is 3. The highest BCUT2D eigenvalue weighted by Crippen LogP contribution is 2.28. The molecule has 1 aromatic heterocycles. The molecule has 5 rings (SSSR count). The van der Waals surface area contributed by atoms with Crippen LogP contribution in [-0.2, 0) is 0 Å². The topological polar surface area (TPSA) is 45.7 Å². The van der Waals surface area contributed by atoms with E-state index in [1.54, 1.807) is 0 Å². The van der Waals surface area contributed by atoms with Gasteiger partial charge in [0, 0.05) is 42.8 Å². The molecule has 34 heavy (non-hydrogen) atoms. The van der Waals surface area contributed by atoms with Crippen LogP contribution < -0.4 is 9.64 Å². The van der Waals surface area contributed by atoms with Crippen molar-refractivity contribution in [2.45, 2.75) is 13.8 Å². The first kappa shape index (κ1) is 22.0. The molecule has 1 fully saturated rings. The van der Waals surface area contributed by atoms with Crippen LogP contribution in [-0.4, -0.2) is 48.6 Å². The van der Waals surface area contributed by atoms with E-state index in [9.17, 15) is 4.79 Å². The van der Waals surface area contributed by atoms with Crippen LogP contribution in [0.3, 0.4) is 0 Å². The SMILES string of the molecule is CCOc1ccc(-c2cc(C(=O)N3CCN(c4cccc(C)c4)CC3)c3ccccc3n2)cc1. The van der Waals surface area contributed by atoms with Crippen LogP contribution in [0.2, 0.25) is 0 Å². The first-order chi connectivity index (χ1) is 16.6. The average Bonchev–Trinajstić information content (AvgIpc) is 2.88. The molecule has 0 spiro atoms. The fourth-order valence-electron chi connectivity index (χ4n) is 4.55. The molecule has 0 atom stereocenters. The number of carbonyl (C=O) groups is 1. The van der Waals surface area contributed by atoms with Crippen LogP contribution in [0.15, 0.2) is 78.9 Å². The van der Waals surface area contributed by atoms with E-state index in [1.807, 2.05) is 66.4 Å². The standard InChI is InChI=1S/C29H29N3O2/c1-3-34-24-13-11-22(12-14-24)28-20-26(25-9-4-5-10-27(25)30-28)29(33)32-17-15-31(16-18-32)23-8-6-7-21(2)19-23/h4-14,19-20H,3,15-18H2,1-2H3. The van der Waals surface area contributed by atoms with Gasteiger partial charge < -0.3 is 14.5 Å². The van der Waals surface area contributed by atoms with Crippen molar-refractivity contribution in [3.63, 3.8) is 0 Å². The van der Waals surface area contributed by atoms with Crippen LogP contribution in [0.1, 0.15) is 22.8 Å². The molecule has 1 aliphatic heterocycles. The summed E-state index contributed by atoms with van der Waals surface area (Å²) in [7, 11) is 0. The van der Waals surface area contributed by atoms with Crippen LogP contribution in [0.5, 0.6) is 5.75 Å². The van der Waals surface area contributed by atoms with Crippen molar-refractivity contribution in [3.8, 4) is 17.0 Å². The third-order valence-electron chi connectivity index (χ3n) is 6.34. The largest absolute Gasteiger partial charge is 0.494 e. The minimum Gasteiger partial charge on any atom is -0.494 e. The number of ether oxygens (including phenoxy) is 1. The first-order valence-electron chi connectivity index (χ1n) is 11.9. The van der Waals surface area contributed by atoms with Crippen molar-refractivity contribution in [2.24, 2.45) is 0 Å². The lowest BCUT2D eigenvalue weighted by Crippen LogP contribution is -2.48. The second kappa shape index (κ2) is 9.56. The molecule has 0 N–H and O–H groups in total. The van der Waals surface area contributed by atoms with Gasteiger partial charge in [0.2, 0.25) is 0 Å². The van der Waals surface area contributed by atoms with Crippen molar-refractivity contribution in [3.05, 3.63) is 90.0 Å². The maximum atomic E-state index is 13.7. The summed E-state index contributed by atoms with van der Waals surface area (Å²) < 4.78 is 5.57. The Morgan fingerprint density at radius 2 is 1.68 bits per heavy atom. The summed E-state index contributed by atoms with van der Waals surface area (Å²) in [6.45, 7) is 7.75. The highest BCUT2D eigenvalue weighted by atomic mass is 16.5. The zero-order chi connectivity index (χ0) is 23.5. The zero-order valence-corrected chi connectivity index (χ0v) is 19.7. The van der Waals surface area contributed by atoms with Crippen molar-refractivity contribution in [2.75, 3.05) is 37.7 Å². The molecule has 1 saturated heterocycles. The van der Waals surface area contributed by atoms with Gasteiger partial charge in [-0.15, -0.1) is 0 Å². The Morgan fingerprint density at radius 3 is 2.41 bits per heavy atom. The van der Waals surface area contributed by atoms with Gasteiger partial charge in [0.1, 0.15) is 5.75 Å². The fourth-order valence-corrected chi connectivity index (χ4v) is 4.55. The van der Waals surface area contributed by atoms with E-state index in [1.165, 1.54) is 11.3 Å². The second-order valence-electron chi connectivity index (χ2n) is 8.65. The number of rotatable bonds is 5. The molecule has 0 unspecified atom stereocenters. The highest BCUT2D eigenvalue weighted by Gasteiger charge is 2.24. The number of aryl methyl sites for hydroxylation is 1. The summed E-state index contributed by atoms with van der Waals surface area (Å²) in [5, 5.41) is 0.892. The Bertz CT molecular complexity index is 1310. The number of para-hydroxylation sites is 1. The minimum atomic E-state index is 0.0645. The maximum Gasteiger partial charge on any atom is 0.254 e. The molecule has 5 heteroatoms. The van der Waals surface area contributed by atoms with Gasteiger partial charge in [-0.05, 0) is 67.9 Å². The Kier molecular flexibility index (Phi) is 6.17. The molecule has 1 amide bonds. The Hall–Kier alpha value is -3.86. The number of hydrogen-bond acceptors (Lipinski definition) is 4. The number of fused-ring (bicyclic) bond motifs is 1. The number of nitrogens with zero attached hydrogens (tertiary/aromatic N) is 3. The van der Waals surface area contributed by atoms with Gasteiger partial charge in [-0.25, -0.2) is 4.98 Å². The summed E-state index contributed by atoms with van der Waals surface area (Å²) in [5.74, 6) is 0.893. The van der Waals surface area contributed by atoms with Crippen molar-refractivity contribution in [1.29, 1.82) is 0 Å². The van der Waals surface area contributed by atoms with E-state index < -0.39 is 0 Å². The molecule has 0 aliphatic carbocycles. The third kappa shape index (κ3) is 4.46. The lowest BCUT2D eigenvalue weighted by molar-refractivity contribution is 0.0748. The van der Waals surface area contributed by atoms with Crippen LogP contribution in [0, 0.1) is 6.92 Å². The molecule has 0 bridgehead atoms. The molecule has 4 aromatic rings. The van der Waals surface area contributed by atoms with Gasteiger partial charge >= 0.3 is 0 Å². The lowest BCUT2D eigenvalue weighted by atomic mass is 10.0.